The lowest BCUT2D eigenvalue weighted by molar-refractivity contribution is -0.120. The molecule has 1 atom stereocenters. The van der Waals surface area contributed by atoms with Crippen LogP contribution >= 0.6 is 0 Å². The van der Waals surface area contributed by atoms with Crippen LogP contribution in [0.1, 0.15) is 30.4 Å². The maximum Gasteiger partial charge on any atom is 0.224 e. The molecule has 1 N–H and O–H groups in total. The molecule has 0 saturated carbocycles. The van der Waals surface area contributed by atoms with Crippen molar-refractivity contribution in [2.45, 2.75) is 31.1 Å². The number of hydrogen-bond donors (Lipinski definition) is 1. The van der Waals surface area contributed by atoms with E-state index in [9.17, 15) is 9.18 Å². The van der Waals surface area contributed by atoms with Crippen LogP contribution in [0.25, 0.3) is 0 Å². The van der Waals surface area contributed by atoms with Crippen molar-refractivity contribution in [2.75, 3.05) is 19.8 Å². The van der Waals surface area contributed by atoms with Crippen molar-refractivity contribution in [3.8, 4) is 0 Å². The average molecular weight is 341 g/mol. The molecule has 132 valence electrons. The van der Waals surface area contributed by atoms with E-state index < -0.39 is 0 Å². The first-order chi connectivity index (χ1) is 12.2. The predicted octanol–water partition coefficient (Wildman–Crippen LogP) is 3.62. The van der Waals surface area contributed by atoms with Crippen molar-refractivity contribution >= 4 is 5.91 Å². The quantitative estimate of drug-likeness (QED) is 0.902. The minimum atomic E-state index is -0.313. The monoisotopic (exact) mass is 341 g/mol. The van der Waals surface area contributed by atoms with Gasteiger partial charge in [-0.2, -0.15) is 0 Å². The zero-order chi connectivity index (χ0) is 17.5. The molecule has 1 fully saturated rings. The molecule has 0 aromatic heterocycles. The molecule has 1 unspecified atom stereocenters. The lowest BCUT2D eigenvalue weighted by Crippen LogP contribution is -2.41. The van der Waals surface area contributed by atoms with Crippen molar-refractivity contribution in [2.24, 2.45) is 0 Å². The van der Waals surface area contributed by atoms with Crippen LogP contribution in [0.5, 0.6) is 0 Å². The van der Waals surface area contributed by atoms with Gasteiger partial charge in [-0.1, -0.05) is 42.5 Å². The zero-order valence-corrected chi connectivity index (χ0v) is 14.3. The van der Waals surface area contributed by atoms with Gasteiger partial charge in [-0.15, -0.1) is 0 Å². The van der Waals surface area contributed by atoms with E-state index in [1.54, 1.807) is 12.1 Å². The molecule has 1 amide bonds. The lowest BCUT2D eigenvalue weighted by atomic mass is 9.74. The van der Waals surface area contributed by atoms with Crippen LogP contribution in [0.15, 0.2) is 54.6 Å². The minimum Gasteiger partial charge on any atom is -0.381 e. The first kappa shape index (κ1) is 17.6. The predicted molar refractivity (Wildman–Crippen MR) is 95.9 cm³/mol. The molecule has 1 aliphatic heterocycles. The molecule has 3 rings (SSSR count). The summed E-state index contributed by atoms with van der Waals surface area (Å²) in [4.78, 5) is 12.4. The van der Waals surface area contributed by atoms with E-state index in [1.165, 1.54) is 17.7 Å². The number of carbonyl (C=O) groups excluding carboxylic acids is 1. The lowest BCUT2D eigenvalue weighted by Gasteiger charge is -2.33. The van der Waals surface area contributed by atoms with Crippen LogP contribution in [-0.2, 0) is 21.4 Å². The van der Waals surface area contributed by atoms with E-state index >= 15 is 0 Å². The topological polar surface area (TPSA) is 38.3 Å². The maximum absolute atomic E-state index is 13.3. The number of hydrogen-bond acceptors (Lipinski definition) is 2. The van der Waals surface area contributed by atoms with Crippen LogP contribution < -0.4 is 5.32 Å². The molecule has 1 aliphatic rings. The van der Waals surface area contributed by atoms with Gasteiger partial charge in [0, 0.05) is 25.2 Å². The van der Waals surface area contributed by atoms with Crippen molar-refractivity contribution in [3.63, 3.8) is 0 Å². The van der Waals surface area contributed by atoms with Crippen LogP contribution in [0.3, 0.4) is 0 Å². The van der Waals surface area contributed by atoms with Gasteiger partial charge in [-0.3, -0.25) is 4.79 Å². The molecule has 4 heteroatoms. The molecule has 1 saturated heterocycles. The summed E-state index contributed by atoms with van der Waals surface area (Å²) in [5.74, 6) is -0.391. The second kappa shape index (κ2) is 8.26. The maximum atomic E-state index is 13.3. The van der Waals surface area contributed by atoms with Crippen LogP contribution in [0.2, 0.25) is 0 Å². The van der Waals surface area contributed by atoms with E-state index in [0.29, 0.717) is 18.7 Å². The van der Waals surface area contributed by atoms with Crippen molar-refractivity contribution < 1.29 is 13.9 Å². The van der Waals surface area contributed by atoms with Gasteiger partial charge in [-0.05, 0) is 42.5 Å². The SMILES string of the molecule is O=C(Cc1cccc(F)c1)NCC1(c2ccccc2)CCCOCC1. The molecule has 2 aromatic rings. The van der Waals surface area contributed by atoms with Gasteiger partial charge in [-0.25, -0.2) is 4.39 Å². The third kappa shape index (κ3) is 4.67. The third-order valence-electron chi connectivity index (χ3n) is 4.93. The summed E-state index contributed by atoms with van der Waals surface area (Å²) in [6.07, 6.45) is 3.04. The largest absolute Gasteiger partial charge is 0.381 e. The van der Waals surface area contributed by atoms with E-state index in [4.69, 9.17) is 4.74 Å². The van der Waals surface area contributed by atoms with Crippen LogP contribution in [0.4, 0.5) is 4.39 Å². The third-order valence-corrected chi connectivity index (χ3v) is 4.93. The van der Waals surface area contributed by atoms with E-state index in [-0.39, 0.29) is 23.6 Å². The molecule has 3 nitrogen and oxygen atoms in total. The number of carbonyl (C=O) groups is 1. The highest BCUT2D eigenvalue weighted by Gasteiger charge is 2.33. The first-order valence-corrected chi connectivity index (χ1v) is 8.82. The Bertz CT molecular complexity index is 694. The summed E-state index contributed by atoms with van der Waals surface area (Å²) in [6.45, 7) is 2.05. The molecular weight excluding hydrogens is 317 g/mol. The standard InChI is InChI=1S/C21H24FNO2/c22-19-9-4-6-17(14-19)15-20(24)23-16-21(10-5-12-25-13-11-21)18-7-2-1-3-8-18/h1-4,6-9,14H,5,10-13,15-16H2,(H,23,24). The molecule has 25 heavy (non-hydrogen) atoms. The Morgan fingerprint density at radius 2 is 1.92 bits per heavy atom. The highest BCUT2D eigenvalue weighted by Crippen LogP contribution is 2.34. The van der Waals surface area contributed by atoms with Gasteiger partial charge < -0.3 is 10.1 Å². The number of ether oxygens (including phenoxy) is 1. The number of nitrogens with one attached hydrogen (secondary N) is 1. The summed E-state index contributed by atoms with van der Waals surface area (Å²) >= 11 is 0. The molecule has 0 spiro atoms. The normalized spacial score (nSPS) is 20.7. The van der Waals surface area contributed by atoms with E-state index in [2.05, 4.69) is 17.4 Å². The van der Waals surface area contributed by atoms with Gasteiger partial charge in [0.05, 0.1) is 6.42 Å². The van der Waals surface area contributed by atoms with Gasteiger partial charge >= 0.3 is 0 Å². The van der Waals surface area contributed by atoms with E-state index in [1.807, 2.05) is 18.2 Å². The Balaban J connectivity index is 1.69. The minimum absolute atomic E-state index is 0.0777. The summed E-state index contributed by atoms with van der Waals surface area (Å²) in [5.41, 5.74) is 1.83. The number of halogens is 1. The molecule has 0 bridgehead atoms. The highest BCUT2D eigenvalue weighted by molar-refractivity contribution is 5.78. The van der Waals surface area contributed by atoms with Crippen molar-refractivity contribution in [1.82, 2.24) is 5.32 Å². The van der Waals surface area contributed by atoms with Gasteiger partial charge in [0.2, 0.25) is 5.91 Å². The van der Waals surface area contributed by atoms with Crippen LogP contribution in [0, 0.1) is 5.82 Å². The first-order valence-electron chi connectivity index (χ1n) is 8.82. The summed E-state index contributed by atoms with van der Waals surface area (Å²) < 4.78 is 18.9. The fraction of sp³-hybridized carbons (Fsp3) is 0.381. The summed E-state index contributed by atoms with van der Waals surface area (Å²) in [7, 11) is 0. The molecule has 1 heterocycles. The van der Waals surface area contributed by atoms with Crippen LogP contribution in [-0.4, -0.2) is 25.7 Å². The Kier molecular flexibility index (Phi) is 5.82. The summed E-state index contributed by atoms with van der Waals surface area (Å²) in [6, 6.07) is 16.5. The van der Waals surface area contributed by atoms with Gasteiger partial charge in [0.15, 0.2) is 0 Å². The fourth-order valence-electron chi connectivity index (χ4n) is 3.53. The second-order valence-corrected chi connectivity index (χ2v) is 6.70. The molecule has 2 aromatic carbocycles. The highest BCUT2D eigenvalue weighted by atomic mass is 19.1. The second-order valence-electron chi connectivity index (χ2n) is 6.70. The number of benzene rings is 2. The van der Waals surface area contributed by atoms with Gasteiger partial charge in [0.1, 0.15) is 5.82 Å². The number of rotatable bonds is 5. The van der Waals surface area contributed by atoms with E-state index in [0.717, 1.165) is 25.9 Å². The molecular formula is C21H24FNO2. The Morgan fingerprint density at radius 3 is 2.72 bits per heavy atom. The fourth-order valence-corrected chi connectivity index (χ4v) is 3.53. The Hall–Kier alpha value is -2.20. The molecule has 0 aliphatic carbocycles. The smallest absolute Gasteiger partial charge is 0.224 e. The average Bonchev–Trinajstić information content (AvgIpc) is 2.87. The Labute approximate surface area is 148 Å². The van der Waals surface area contributed by atoms with Gasteiger partial charge in [0.25, 0.3) is 0 Å². The van der Waals surface area contributed by atoms with Crippen molar-refractivity contribution in [3.05, 3.63) is 71.5 Å². The Morgan fingerprint density at radius 1 is 1.08 bits per heavy atom. The summed E-state index contributed by atoms with van der Waals surface area (Å²) in [5, 5.41) is 3.07. The number of amides is 1. The van der Waals surface area contributed by atoms with Crippen molar-refractivity contribution in [1.29, 1.82) is 0 Å². The zero-order valence-electron chi connectivity index (χ0n) is 14.3. The molecule has 0 radical (unpaired) electrons.